The van der Waals surface area contributed by atoms with Crippen molar-refractivity contribution in [3.63, 3.8) is 0 Å². The lowest BCUT2D eigenvalue weighted by atomic mass is 10.3. The number of amides is 1. The van der Waals surface area contributed by atoms with E-state index in [2.05, 4.69) is 19.5 Å². The number of carbonyl (C=O) groups is 1. The summed E-state index contributed by atoms with van der Waals surface area (Å²) < 4.78 is 116. The molecule has 294 valence electrons. The molecule has 0 saturated heterocycles. The van der Waals surface area contributed by atoms with E-state index in [1.165, 1.54) is 56.9 Å². The molecule has 0 heterocycles. The van der Waals surface area contributed by atoms with E-state index < -0.39 is 63.8 Å². The summed E-state index contributed by atoms with van der Waals surface area (Å²) in [4.78, 5) is 14.0. The number of aliphatic hydroxyl groups is 1. The number of halogens is 4. The van der Waals surface area contributed by atoms with E-state index >= 15 is 0 Å². The van der Waals surface area contributed by atoms with E-state index in [1.54, 1.807) is 0 Å². The number of hydrogen-bond donors (Lipinski definition) is 2. The van der Waals surface area contributed by atoms with Gasteiger partial charge in [-0.1, -0.05) is 0 Å². The van der Waals surface area contributed by atoms with Crippen molar-refractivity contribution in [1.29, 1.82) is 0 Å². The van der Waals surface area contributed by atoms with Crippen LogP contribution in [0.25, 0.3) is 0 Å². The lowest BCUT2D eigenvalue weighted by Gasteiger charge is -2.34. The minimum Gasteiger partial charge on any atom is -0.398 e. The van der Waals surface area contributed by atoms with Crippen LogP contribution in [0.1, 0.15) is 12.8 Å². The summed E-state index contributed by atoms with van der Waals surface area (Å²) in [5.74, 6) is -1.00. The first-order valence-corrected chi connectivity index (χ1v) is 21.4. The first kappa shape index (κ1) is 48.3. The summed E-state index contributed by atoms with van der Waals surface area (Å²) in [6.45, 7) is -1.74. The molecule has 49 heavy (non-hydrogen) atoms. The number of rotatable bonds is 32. The van der Waals surface area contributed by atoms with Crippen molar-refractivity contribution < 1.29 is 81.8 Å². The maximum absolute atomic E-state index is 13.7. The van der Waals surface area contributed by atoms with Crippen LogP contribution in [0.5, 0.6) is 0 Å². The van der Waals surface area contributed by atoms with Crippen LogP contribution in [0.4, 0.5) is 17.6 Å². The molecule has 0 aliphatic carbocycles. The fourth-order valence-electron chi connectivity index (χ4n) is 4.65. The highest BCUT2D eigenvalue weighted by molar-refractivity contribution is 6.83. The second-order valence-corrected chi connectivity index (χ2v) is 20.8. The summed E-state index contributed by atoms with van der Waals surface area (Å²) in [6.07, 6.45) is -8.92. The minimum absolute atomic E-state index is 0.000540. The van der Waals surface area contributed by atoms with Gasteiger partial charge in [0, 0.05) is 96.3 Å². The monoisotopic (exact) mass is 780 g/mol. The third-order valence-corrected chi connectivity index (χ3v) is 18.6. The molecule has 0 aliphatic heterocycles. The van der Waals surface area contributed by atoms with Gasteiger partial charge < -0.3 is 55.3 Å². The molecule has 0 spiro atoms. The lowest BCUT2D eigenvalue weighted by Crippen LogP contribution is -2.55. The van der Waals surface area contributed by atoms with Crippen LogP contribution in [0, 0.1) is 0 Å². The quantitative estimate of drug-likeness (QED) is 0.0436. The number of carbonyl (C=O) groups excluding carboxylic acids is 1. The molecule has 2 N–H and O–H groups in total. The number of hydrogen-bond acceptors (Lipinski definition) is 15. The number of alkyl halides is 4. The van der Waals surface area contributed by atoms with Gasteiger partial charge in [0.2, 0.25) is 5.91 Å². The van der Waals surface area contributed by atoms with Crippen molar-refractivity contribution in [3.05, 3.63) is 0 Å². The predicted molar refractivity (Wildman–Crippen MR) is 172 cm³/mol. The fourth-order valence-corrected chi connectivity index (χ4v) is 14.3. The van der Waals surface area contributed by atoms with Gasteiger partial charge in [0.1, 0.15) is 13.2 Å². The number of nitrogens with zero attached hydrogens (tertiary/aromatic N) is 1. The van der Waals surface area contributed by atoms with E-state index in [1.807, 2.05) is 4.90 Å². The summed E-state index contributed by atoms with van der Waals surface area (Å²) >= 11 is 0. The molecule has 1 atom stereocenters. The van der Waals surface area contributed by atoms with E-state index in [9.17, 15) is 27.5 Å². The molecule has 0 fully saturated rings. The van der Waals surface area contributed by atoms with Gasteiger partial charge in [0.25, 0.3) is 0 Å². The Labute approximate surface area is 289 Å². The average Bonchev–Trinajstić information content (AvgIpc) is 3.07. The maximum Gasteiger partial charge on any atom is 0.502 e. The van der Waals surface area contributed by atoms with Gasteiger partial charge in [-0.25, -0.2) is 4.74 Å². The lowest BCUT2D eigenvalue weighted by molar-refractivity contribution is -0.468. The van der Waals surface area contributed by atoms with Crippen LogP contribution >= 0.6 is 0 Å². The number of methoxy groups -OCH3 is 1. The van der Waals surface area contributed by atoms with Gasteiger partial charge in [-0.05, 0) is 25.4 Å². The van der Waals surface area contributed by atoms with Crippen molar-refractivity contribution in [3.8, 4) is 0 Å². The molecule has 0 saturated carbocycles. The smallest absolute Gasteiger partial charge is 0.398 e. The van der Waals surface area contributed by atoms with Crippen LogP contribution in [0.3, 0.4) is 0 Å². The molecule has 23 heteroatoms. The van der Waals surface area contributed by atoms with Crippen LogP contribution in [-0.4, -0.2) is 177 Å². The van der Waals surface area contributed by atoms with Gasteiger partial charge in [0.05, 0.1) is 18.4 Å². The summed E-state index contributed by atoms with van der Waals surface area (Å²) in [6, 6.07) is 1.00. The highest BCUT2D eigenvalue weighted by atomic mass is 28.4. The Kier molecular flexibility index (Phi) is 24.1. The molecule has 0 aromatic carbocycles. The van der Waals surface area contributed by atoms with Gasteiger partial charge in [-0.15, -0.1) is 8.78 Å². The molecule has 0 bridgehead atoms. The zero-order chi connectivity index (χ0) is 37.6. The summed E-state index contributed by atoms with van der Waals surface area (Å²) in [7, 11) is 4.26. The molecule has 1 amide bonds. The second-order valence-electron chi connectivity index (χ2n) is 10.6. The van der Waals surface area contributed by atoms with Crippen molar-refractivity contribution in [2.24, 2.45) is 0 Å². The first-order valence-electron chi connectivity index (χ1n) is 15.3. The van der Waals surface area contributed by atoms with Crippen molar-refractivity contribution >= 4 is 32.1 Å². The van der Waals surface area contributed by atoms with E-state index in [0.29, 0.717) is 43.7 Å². The minimum atomic E-state index is -4.75. The molecular weight excluding hydrogens is 725 g/mol. The summed E-state index contributed by atoms with van der Waals surface area (Å²) in [5.41, 5.74) is 0.314. The van der Waals surface area contributed by atoms with E-state index in [0.717, 1.165) is 7.11 Å². The summed E-state index contributed by atoms with van der Waals surface area (Å²) in [5, 5.41) is 13.1. The Morgan fingerprint density at radius 1 is 0.796 bits per heavy atom. The normalized spacial score (nSPS) is 14.1. The van der Waals surface area contributed by atoms with Crippen molar-refractivity contribution in [2.75, 3.05) is 117 Å². The Morgan fingerprint density at radius 2 is 1.37 bits per heavy atom. The van der Waals surface area contributed by atoms with Crippen molar-refractivity contribution in [2.45, 2.75) is 49.1 Å². The molecule has 0 aliphatic rings. The van der Waals surface area contributed by atoms with E-state index in [4.69, 9.17) is 40.1 Å². The SMILES string of the molecule is COCC(F)(F)OC(F)(F)OCC(=O)NCCN(CCC[Si](C[Si](OC)(OC)OC)(OC)OC)CC(O)COCCC[Si](OC)(OC)OC. The van der Waals surface area contributed by atoms with Gasteiger partial charge >= 0.3 is 38.6 Å². The average molecular weight is 781 g/mol. The van der Waals surface area contributed by atoms with Crippen LogP contribution in [0.15, 0.2) is 0 Å². The Morgan fingerprint density at radius 3 is 1.88 bits per heavy atom. The Bertz CT molecular complexity index is 866. The van der Waals surface area contributed by atoms with Crippen LogP contribution < -0.4 is 5.32 Å². The highest BCUT2D eigenvalue weighted by Gasteiger charge is 2.51. The topological polar surface area (TPSA) is 163 Å². The molecule has 0 aromatic heterocycles. The third kappa shape index (κ3) is 19.1. The molecule has 0 aromatic rings. The zero-order valence-electron chi connectivity index (χ0n) is 30.0. The van der Waals surface area contributed by atoms with Crippen molar-refractivity contribution in [1.82, 2.24) is 10.2 Å². The Hall–Kier alpha value is -0.719. The molecule has 0 radical (unpaired) electrons. The van der Waals surface area contributed by atoms with Gasteiger partial charge in [-0.2, -0.15) is 8.78 Å². The molecule has 0 rings (SSSR count). The van der Waals surface area contributed by atoms with E-state index in [-0.39, 0.29) is 26.2 Å². The maximum atomic E-state index is 13.7. The highest BCUT2D eigenvalue weighted by Crippen LogP contribution is 2.29. The number of nitrogens with one attached hydrogen (secondary N) is 1. The largest absolute Gasteiger partial charge is 0.502 e. The molecule has 1 unspecified atom stereocenters. The van der Waals surface area contributed by atoms with Crippen LogP contribution in [0.2, 0.25) is 17.8 Å². The first-order chi connectivity index (χ1) is 23.0. The molecule has 16 nitrogen and oxygen atoms in total. The number of ether oxygens (including phenoxy) is 4. The van der Waals surface area contributed by atoms with Gasteiger partial charge in [0.15, 0.2) is 0 Å². The van der Waals surface area contributed by atoms with Gasteiger partial charge in [-0.3, -0.25) is 14.4 Å². The standard InChI is InChI=1S/C26H56F4N2O14Si3/c1-35-21-25(27,28)46-26(29,30)45-20-24(34)31-12-14-32(18-23(33)19-44-15-11-17-48(38-4,39-5)40-6)13-10-16-47(36-2,37-3)22-49(41-7,42-8)43-9/h23,33H,10-22H2,1-9H3,(H,31,34). The number of aliphatic hydroxyl groups excluding tert-OH is 1. The fraction of sp³-hybridized carbons (Fsp3) is 0.962. The second kappa shape index (κ2) is 24.5. The Balaban J connectivity index is 5.32. The zero-order valence-corrected chi connectivity index (χ0v) is 33.0. The third-order valence-electron chi connectivity index (χ3n) is 7.38. The molecular formula is C26H56F4N2O14Si3. The van der Waals surface area contributed by atoms with Crippen LogP contribution in [-0.2, 0) is 59.2 Å². The predicted octanol–water partition coefficient (Wildman–Crippen LogP) is 1.42.